The van der Waals surface area contributed by atoms with Crippen LogP contribution in [0.1, 0.15) is 15.9 Å². The van der Waals surface area contributed by atoms with Crippen LogP contribution in [-0.2, 0) is 6.54 Å². The van der Waals surface area contributed by atoms with Gasteiger partial charge in [-0.25, -0.2) is 9.78 Å². The zero-order valence-corrected chi connectivity index (χ0v) is 13.0. The standard InChI is InChI=1S/C14H12BrClN2O2/c1-18(8-9-2-4-10(15)5-3-9)13-6-11(14(19)20)12(16)7-17-13/h2-7H,8H2,1H3,(H,19,20). The highest BCUT2D eigenvalue weighted by atomic mass is 79.9. The summed E-state index contributed by atoms with van der Waals surface area (Å²) in [6.07, 6.45) is 1.36. The molecule has 0 aliphatic heterocycles. The van der Waals surface area contributed by atoms with E-state index in [9.17, 15) is 4.79 Å². The van der Waals surface area contributed by atoms with Gasteiger partial charge >= 0.3 is 5.97 Å². The van der Waals surface area contributed by atoms with Gasteiger partial charge in [0.1, 0.15) is 5.82 Å². The lowest BCUT2D eigenvalue weighted by atomic mass is 10.2. The number of pyridine rings is 1. The van der Waals surface area contributed by atoms with E-state index in [4.69, 9.17) is 16.7 Å². The number of aromatic nitrogens is 1. The van der Waals surface area contributed by atoms with Gasteiger partial charge in [0.15, 0.2) is 0 Å². The van der Waals surface area contributed by atoms with E-state index in [-0.39, 0.29) is 10.6 Å². The van der Waals surface area contributed by atoms with Crippen LogP contribution in [0.4, 0.5) is 5.82 Å². The summed E-state index contributed by atoms with van der Waals surface area (Å²) in [5.74, 6) is -0.495. The van der Waals surface area contributed by atoms with Crippen molar-refractivity contribution in [3.05, 3.63) is 57.2 Å². The Morgan fingerprint density at radius 2 is 2.05 bits per heavy atom. The van der Waals surface area contributed by atoms with Crippen LogP contribution in [0.15, 0.2) is 41.0 Å². The molecule has 0 spiro atoms. The summed E-state index contributed by atoms with van der Waals surface area (Å²) in [5.41, 5.74) is 1.16. The monoisotopic (exact) mass is 354 g/mol. The second-order valence-corrected chi connectivity index (χ2v) is 5.63. The number of aromatic carboxylic acids is 1. The highest BCUT2D eigenvalue weighted by molar-refractivity contribution is 9.10. The van der Waals surface area contributed by atoms with Gasteiger partial charge in [0.05, 0.1) is 10.6 Å². The van der Waals surface area contributed by atoms with Crippen LogP contribution in [0.25, 0.3) is 0 Å². The number of benzene rings is 1. The van der Waals surface area contributed by atoms with Crippen LogP contribution in [0, 0.1) is 0 Å². The number of rotatable bonds is 4. The average molecular weight is 356 g/mol. The van der Waals surface area contributed by atoms with Crippen LogP contribution in [0.5, 0.6) is 0 Å². The molecule has 0 unspecified atom stereocenters. The lowest BCUT2D eigenvalue weighted by Gasteiger charge is -2.18. The predicted molar refractivity (Wildman–Crippen MR) is 82.5 cm³/mol. The number of carbonyl (C=O) groups is 1. The molecule has 2 aromatic rings. The summed E-state index contributed by atoms with van der Waals surface area (Å²) in [7, 11) is 1.85. The molecule has 0 aliphatic carbocycles. The Morgan fingerprint density at radius 1 is 1.40 bits per heavy atom. The van der Waals surface area contributed by atoms with Gasteiger partial charge in [0.2, 0.25) is 0 Å². The van der Waals surface area contributed by atoms with Gasteiger partial charge in [-0.15, -0.1) is 0 Å². The largest absolute Gasteiger partial charge is 0.478 e. The van der Waals surface area contributed by atoms with E-state index in [2.05, 4.69) is 20.9 Å². The number of hydrogen-bond donors (Lipinski definition) is 1. The van der Waals surface area contributed by atoms with Gasteiger partial charge in [-0.2, -0.15) is 0 Å². The van der Waals surface area contributed by atoms with Crippen molar-refractivity contribution >= 4 is 39.3 Å². The molecule has 1 heterocycles. The third kappa shape index (κ3) is 3.49. The van der Waals surface area contributed by atoms with E-state index in [0.717, 1.165) is 10.0 Å². The lowest BCUT2D eigenvalue weighted by Crippen LogP contribution is -2.18. The number of carboxylic acid groups (broad SMARTS) is 1. The molecule has 1 aromatic carbocycles. The molecule has 0 amide bonds. The number of hydrogen-bond acceptors (Lipinski definition) is 3. The van der Waals surface area contributed by atoms with Crippen molar-refractivity contribution in [1.82, 2.24) is 4.98 Å². The van der Waals surface area contributed by atoms with Gasteiger partial charge in [-0.3, -0.25) is 0 Å². The van der Waals surface area contributed by atoms with Crippen LogP contribution in [0.2, 0.25) is 5.02 Å². The van der Waals surface area contributed by atoms with E-state index >= 15 is 0 Å². The van der Waals surface area contributed by atoms with Crippen LogP contribution < -0.4 is 4.90 Å². The minimum absolute atomic E-state index is 0.0549. The molecule has 20 heavy (non-hydrogen) atoms. The van der Waals surface area contributed by atoms with Crippen molar-refractivity contribution in [1.29, 1.82) is 0 Å². The van der Waals surface area contributed by atoms with Crippen molar-refractivity contribution in [2.24, 2.45) is 0 Å². The topological polar surface area (TPSA) is 53.4 Å². The Bertz CT molecular complexity index is 632. The highest BCUT2D eigenvalue weighted by Gasteiger charge is 2.12. The molecule has 0 bridgehead atoms. The normalized spacial score (nSPS) is 10.3. The summed E-state index contributed by atoms with van der Waals surface area (Å²) < 4.78 is 1.02. The third-order valence-corrected chi connectivity index (χ3v) is 3.63. The van der Waals surface area contributed by atoms with Gasteiger partial charge in [-0.1, -0.05) is 39.7 Å². The fourth-order valence-electron chi connectivity index (χ4n) is 1.74. The molecule has 1 aromatic heterocycles. The summed E-state index contributed by atoms with van der Waals surface area (Å²) in [4.78, 5) is 17.1. The fraction of sp³-hybridized carbons (Fsp3) is 0.143. The summed E-state index contributed by atoms with van der Waals surface area (Å²) in [6.45, 7) is 0.626. The van der Waals surface area contributed by atoms with Crippen LogP contribution >= 0.6 is 27.5 Å². The first kappa shape index (κ1) is 14.8. The molecule has 4 nitrogen and oxygen atoms in total. The molecule has 0 aliphatic rings. The molecule has 0 radical (unpaired) electrons. The predicted octanol–water partition coefficient (Wildman–Crippen LogP) is 3.83. The molecule has 0 atom stereocenters. The maximum atomic E-state index is 11.1. The van der Waals surface area contributed by atoms with Crippen molar-refractivity contribution in [3.63, 3.8) is 0 Å². The Kier molecular flexibility index (Phi) is 4.62. The Balaban J connectivity index is 2.20. The van der Waals surface area contributed by atoms with Gasteiger partial charge in [0.25, 0.3) is 0 Å². The minimum atomic E-state index is -1.06. The molecule has 6 heteroatoms. The smallest absolute Gasteiger partial charge is 0.337 e. The molecule has 104 valence electrons. The van der Waals surface area contributed by atoms with Gasteiger partial charge < -0.3 is 10.0 Å². The van der Waals surface area contributed by atoms with Gasteiger partial charge in [-0.05, 0) is 23.8 Å². The number of halogens is 2. The zero-order chi connectivity index (χ0) is 14.7. The molecule has 0 saturated carbocycles. The molecule has 1 N–H and O–H groups in total. The van der Waals surface area contributed by atoms with Crippen molar-refractivity contribution in [2.45, 2.75) is 6.54 Å². The molecular formula is C14H12BrClN2O2. The molecule has 0 saturated heterocycles. The first-order valence-electron chi connectivity index (χ1n) is 5.82. The number of anilines is 1. The fourth-order valence-corrected chi connectivity index (χ4v) is 2.19. The Labute approximate surface area is 130 Å². The second-order valence-electron chi connectivity index (χ2n) is 4.31. The maximum absolute atomic E-state index is 11.1. The molecular weight excluding hydrogens is 344 g/mol. The van der Waals surface area contributed by atoms with E-state index in [1.54, 1.807) is 0 Å². The summed E-state index contributed by atoms with van der Waals surface area (Å²) in [5, 5.41) is 9.19. The van der Waals surface area contributed by atoms with E-state index in [1.807, 2.05) is 36.2 Å². The first-order valence-corrected chi connectivity index (χ1v) is 6.99. The molecule has 2 rings (SSSR count). The maximum Gasteiger partial charge on any atom is 0.337 e. The minimum Gasteiger partial charge on any atom is -0.478 e. The van der Waals surface area contributed by atoms with E-state index in [0.29, 0.717) is 12.4 Å². The van der Waals surface area contributed by atoms with E-state index in [1.165, 1.54) is 12.3 Å². The van der Waals surface area contributed by atoms with Crippen LogP contribution in [-0.4, -0.2) is 23.1 Å². The van der Waals surface area contributed by atoms with E-state index < -0.39 is 5.97 Å². The lowest BCUT2D eigenvalue weighted by molar-refractivity contribution is 0.0697. The quantitative estimate of drug-likeness (QED) is 0.905. The van der Waals surface area contributed by atoms with Crippen molar-refractivity contribution in [2.75, 3.05) is 11.9 Å². The molecule has 0 fully saturated rings. The van der Waals surface area contributed by atoms with Crippen LogP contribution in [0.3, 0.4) is 0 Å². The summed E-state index contributed by atoms with van der Waals surface area (Å²) in [6, 6.07) is 9.38. The average Bonchev–Trinajstić information content (AvgIpc) is 2.41. The highest BCUT2D eigenvalue weighted by Crippen LogP contribution is 2.21. The Hall–Kier alpha value is -1.59. The van der Waals surface area contributed by atoms with Crippen molar-refractivity contribution in [3.8, 4) is 0 Å². The third-order valence-electron chi connectivity index (χ3n) is 2.80. The zero-order valence-electron chi connectivity index (χ0n) is 10.7. The second kappa shape index (κ2) is 6.24. The number of nitrogens with zero attached hydrogens (tertiary/aromatic N) is 2. The van der Waals surface area contributed by atoms with Crippen molar-refractivity contribution < 1.29 is 9.90 Å². The van der Waals surface area contributed by atoms with Gasteiger partial charge in [0, 0.05) is 24.3 Å². The first-order chi connectivity index (χ1) is 9.47. The summed E-state index contributed by atoms with van der Waals surface area (Å²) >= 11 is 9.19. The Morgan fingerprint density at radius 3 is 2.65 bits per heavy atom. The SMILES string of the molecule is CN(Cc1ccc(Br)cc1)c1cc(C(=O)O)c(Cl)cn1. The number of carboxylic acids is 1.